The average Bonchev–Trinajstić information content (AvgIpc) is 3.31. The highest BCUT2D eigenvalue weighted by atomic mass is 19.4. The monoisotopic (exact) mass is 489 g/mol. The molecule has 4 nitrogen and oxygen atoms in total. The van der Waals surface area contributed by atoms with Crippen LogP contribution in [0.1, 0.15) is 63.4 Å². The molecule has 10 heteroatoms. The van der Waals surface area contributed by atoms with E-state index in [1.165, 1.54) is 17.0 Å². The van der Waals surface area contributed by atoms with Crippen molar-refractivity contribution >= 4 is 11.7 Å². The highest BCUT2D eigenvalue weighted by Crippen LogP contribution is 2.49. The molecule has 1 aromatic rings. The zero-order chi connectivity index (χ0) is 24.4. The molecule has 0 amide bonds. The third kappa shape index (κ3) is 5.11. The molecule has 2 aliphatic heterocycles. The van der Waals surface area contributed by atoms with Crippen LogP contribution in [0.15, 0.2) is 40.3 Å². The minimum atomic E-state index is -5.74. The molecule has 0 radical (unpaired) electrons. The average molecular weight is 490 g/mol. The minimum absolute atomic E-state index is 0.0250. The van der Waals surface area contributed by atoms with E-state index < -0.39 is 18.0 Å². The Balaban J connectivity index is 1.79. The van der Waals surface area contributed by atoms with Crippen LogP contribution < -0.4 is 0 Å². The van der Waals surface area contributed by atoms with Crippen molar-refractivity contribution in [3.63, 3.8) is 0 Å². The van der Waals surface area contributed by atoms with Gasteiger partial charge in [-0.25, -0.2) is 9.98 Å². The Morgan fingerprint density at radius 1 is 0.882 bits per heavy atom. The number of rotatable bonds is 6. The van der Waals surface area contributed by atoms with Crippen molar-refractivity contribution in [2.75, 3.05) is 13.2 Å². The second-order valence-electron chi connectivity index (χ2n) is 9.29. The molecule has 1 saturated carbocycles. The van der Waals surface area contributed by atoms with E-state index in [1.807, 2.05) is 0 Å². The third-order valence-electron chi connectivity index (χ3n) is 6.86. The first-order valence-corrected chi connectivity index (χ1v) is 11.9. The lowest BCUT2D eigenvalue weighted by molar-refractivity contribution is -0.293. The smallest absolute Gasteiger partial charge is 0.376 e. The fourth-order valence-electron chi connectivity index (χ4n) is 5.01. The van der Waals surface area contributed by atoms with Gasteiger partial charge in [-0.05, 0) is 25.2 Å². The van der Waals surface area contributed by atoms with Crippen LogP contribution in [0.5, 0.6) is 0 Å². The number of hydrogen-bond acceptors (Lipinski definition) is 4. The molecule has 2 heterocycles. The van der Waals surface area contributed by atoms with Crippen molar-refractivity contribution < 1.29 is 31.1 Å². The zero-order valence-corrected chi connectivity index (χ0v) is 18.8. The molecule has 0 spiro atoms. The standard InChI is InChI=1S/C24H29F6N3O/c25-23(26,27)22(24(28,29)30)31-20(14-13-17-8-3-1-4-9-17)33(16-19-12-7-15-34-19)21(32-22)18-10-5-2-6-11-18/h2,5-6,10-11,17,19H,1,3-4,7-9,12-16H2. The first kappa shape index (κ1) is 25.0. The van der Waals surface area contributed by atoms with Gasteiger partial charge in [0.25, 0.3) is 0 Å². The number of aliphatic imine (C=N–C) groups is 2. The molecule has 0 bridgehead atoms. The summed E-state index contributed by atoms with van der Waals surface area (Å²) >= 11 is 0. The first-order chi connectivity index (χ1) is 16.1. The van der Waals surface area contributed by atoms with Crippen LogP contribution in [-0.2, 0) is 4.74 Å². The second-order valence-corrected chi connectivity index (χ2v) is 9.29. The fourth-order valence-corrected chi connectivity index (χ4v) is 5.01. The van der Waals surface area contributed by atoms with Gasteiger partial charge in [0.15, 0.2) is 0 Å². The molecule has 0 aromatic heterocycles. The van der Waals surface area contributed by atoms with E-state index in [9.17, 15) is 26.3 Å². The predicted octanol–water partition coefficient (Wildman–Crippen LogP) is 6.51. The van der Waals surface area contributed by atoms with Crippen LogP contribution in [0.3, 0.4) is 0 Å². The maximum Gasteiger partial charge on any atom is 0.443 e. The topological polar surface area (TPSA) is 37.2 Å². The van der Waals surface area contributed by atoms with Gasteiger partial charge in [-0.15, -0.1) is 0 Å². The zero-order valence-electron chi connectivity index (χ0n) is 18.8. The third-order valence-corrected chi connectivity index (χ3v) is 6.86. The summed E-state index contributed by atoms with van der Waals surface area (Å²) in [5, 5.41) is 0. The molecule has 3 aliphatic rings. The van der Waals surface area contributed by atoms with Crippen molar-refractivity contribution in [1.82, 2.24) is 4.90 Å². The molecule has 2 fully saturated rings. The van der Waals surface area contributed by atoms with Gasteiger partial charge in [-0.2, -0.15) is 26.3 Å². The van der Waals surface area contributed by atoms with Crippen LogP contribution in [0, 0.1) is 5.92 Å². The van der Waals surface area contributed by atoms with E-state index >= 15 is 0 Å². The summed E-state index contributed by atoms with van der Waals surface area (Å²) in [5.41, 5.74) is -4.34. The Bertz CT molecular complexity index is 870. The van der Waals surface area contributed by atoms with Gasteiger partial charge in [0.1, 0.15) is 11.7 Å². The predicted molar refractivity (Wildman–Crippen MR) is 117 cm³/mol. The van der Waals surface area contributed by atoms with Crippen molar-refractivity contribution in [3.8, 4) is 0 Å². The number of amidine groups is 2. The molecule has 0 N–H and O–H groups in total. The number of halogens is 6. The SMILES string of the molecule is FC(F)(F)C1(C(F)(F)F)N=C(CCC2CCCCC2)N(CC2CCCO2)C(c2ccccc2)=N1. The lowest BCUT2D eigenvalue weighted by atomic mass is 9.86. The molecule has 4 rings (SSSR count). The van der Waals surface area contributed by atoms with Crippen LogP contribution >= 0.6 is 0 Å². The van der Waals surface area contributed by atoms with E-state index in [1.54, 1.807) is 18.2 Å². The Morgan fingerprint density at radius 3 is 2.15 bits per heavy atom. The highest BCUT2D eigenvalue weighted by molar-refractivity contribution is 6.11. The fraction of sp³-hybridized carbons (Fsp3) is 0.667. The van der Waals surface area contributed by atoms with Crippen LogP contribution in [0.25, 0.3) is 0 Å². The van der Waals surface area contributed by atoms with Crippen LogP contribution in [-0.4, -0.2) is 53.8 Å². The Morgan fingerprint density at radius 2 is 1.56 bits per heavy atom. The van der Waals surface area contributed by atoms with Crippen LogP contribution in [0.4, 0.5) is 26.3 Å². The van der Waals surface area contributed by atoms with Gasteiger partial charge in [0, 0.05) is 18.6 Å². The lowest BCUT2D eigenvalue weighted by Gasteiger charge is -2.40. The molecule has 1 aliphatic carbocycles. The normalized spacial score (nSPS) is 24.2. The van der Waals surface area contributed by atoms with Gasteiger partial charge in [-0.3, -0.25) is 0 Å². The number of nitrogens with zero attached hydrogens (tertiary/aromatic N) is 3. The van der Waals surface area contributed by atoms with Gasteiger partial charge >= 0.3 is 18.0 Å². The van der Waals surface area contributed by atoms with E-state index in [0.717, 1.165) is 38.5 Å². The molecule has 1 saturated heterocycles. The van der Waals surface area contributed by atoms with E-state index in [0.29, 0.717) is 19.4 Å². The number of hydrogen-bond donors (Lipinski definition) is 0. The molecule has 188 valence electrons. The van der Waals surface area contributed by atoms with Crippen molar-refractivity contribution in [3.05, 3.63) is 35.9 Å². The first-order valence-electron chi connectivity index (χ1n) is 11.9. The summed E-state index contributed by atoms with van der Waals surface area (Å²) in [6, 6.07) is 7.73. The summed E-state index contributed by atoms with van der Waals surface area (Å²) < 4.78 is 90.3. The summed E-state index contributed by atoms with van der Waals surface area (Å²) in [4.78, 5) is 8.17. The summed E-state index contributed by atoms with van der Waals surface area (Å²) in [6.07, 6.45) is -4.76. The number of benzene rings is 1. The van der Waals surface area contributed by atoms with E-state index in [4.69, 9.17) is 4.74 Å². The maximum atomic E-state index is 14.1. The van der Waals surface area contributed by atoms with Crippen molar-refractivity contribution in [1.29, 1.82) is 0 Å². The number of alkyl halides is 6. The molecular formula is C24H29F6N3O. The summed E-state index contributed by atoms with van der Waals surface area (Å²) in [5.74, 6) is -0.310. The highest BCUT2D eigenvalue weighted by Gasteiger charge is 2.73. The Kier molecular flexibility index (Phi) is 7.26. The van der Waals surface area contributed by atoms with Gasteiger partial charge in [-0.1, -0.05) is 62.4 Å². The Hall–Kier alpha value is -2.10. The summed E-state index contributed by atoms with van der Waals surface area (Å²) in [7, 11) is 0. The van der Waals surface area contributed by atoms with Crippen molar-refractivity contribution in [2.24, 2.45) is 15.9 Å². The number of ether oxygens (including phenoxy) is 1. The minimum Gasteiger partial charge on any atom is -0.376 e. The molecule has 1 atom stereocenters. The molecular weight excluding hydrogens is 460 g/mol. The second kappa shape index (κ2) is 9.87. The quantitative estimate of drug-likeness (QED) is 0.428. The molecule has 1 aromatic carbocycles. The molecule has 34 heavy (non-hydrogen) atoms. The van der Waals surface area contributed by atoms with Crippen LogP contribution in [0.2, 0.25) is 0 Å². The van der Waals surface area contributed by atoms with Gasteiger partial charge in [0.2, 0.25) is 0 Å². The largest absolute Gasteiger partial charge is 0.443 e. The van der Waals surface area contributed by atoms with Crippen molar-refractivity contribution in [2.45, 2.75) is 81.9 Å². The van der Waals surface area contributed by atoms with E-state index in [2.05, 4.69) is 9.98 Å². The van der Waals surface area contributed by atoms with Gasteiger partial charge in [0.05, 0.1) is 12.6 Å². The van der Waals surface area contributed by atoms with E-state index in [-0.39, 0.29) is 42.2 Å². The lowest BCUT2D eigenvalue weighted by Crippen LogP contribution is -2.60. The maximum absolute atomic E-state index is 14.1. The van der Waals surface area contributed by atoms with Gasteiger partial charge < -0.3 is 9.64 Å². The summed E-state index contributed by atoms with van der Waals surface area (Å²) in [6.45, 7) is 0.628. The molecule has 1 unspecified atom stereocenters. The Labute approximate surface area is 195 Å².